The van der Waals surface area contributed by atoms with Crippen LogP contribution in [0.15, 0.2) is 18.2 Å². The van der Waals surface area contributed by atoms with E-state index >= 15 is 0 Å². The van der Waals surface area contributed by atoms with E-state index in [4.69, 9.17) is 16.3 Å². The Labute approximate surface area is 103 Å². The van der Waals surface area contributed by atoms with E-state index in [1.54, 1.807) is 0 Å². The lowest BCUT2D eigenvalue weighted by atomic mass is 9.83. The minimum Gasteiger partial charge on any atom is -0.490 e. The molecule has 1 saturated carbocycles. The smallest absolute Gasteiger partial charge is 0.120 e. The van der Waals surface area contributed by atoms with Crippen molar-refractivity contribution in [1.29, 1.82) is 0 Å². The Hall–Kier alpha value is -0.690. The molecule has 2 atom stereocenters. The monoisotopic (exact) mass is 238 g/mol. The number of rotatable bonds is 3. The second kappa shape index (κ2) is 4.67. The van der Waals surface area contributed by atoms with Gasteiger partial charge in [0.2, 0.25) is 0 Å². The molecule has 1 aliphatic carbocycles. The Balaban J connectivity index is 2.12. The van der Waals surface area contributed by atoms with E-state index in [9.17, 15) is 0 Å². The average Bonchev–Trinajstić information content (AvgIpc) is 2.25. The number of hydrogen-bond acceptors (Lipinski definition) is 1. The van der Waals surface area contributed by atoms with Crippen molar-refractivity contribution in [3.05, 3.63) is 28.8 Å². The van der Waals surface area contributed by atoms with Crippen LogP contribution in [0.5, 0.6) is 5.75 Å². The molecular formula is C14H19ClO. The first kappa shape index (κ1) is 11.8. The van der Waals surface area contributed by atoms with Gasteiger partial charge >= 0.3 is 0 Å². The van der Waals surface area contributed by atoms with Gasteiger partial charge in [-0.15, -0.1) is 0 Å². The summed E-state index contributed by atoms with van der Waals surface area (Å²) in [6.07, 6.45) is 2.87. The van der Waals surface area contributed by atoms with Gasteiger partial charge in [0.15, 0.2) is 0 Å². The first-order chi connectivity index (χ1) is 7.58. The predicted molar refractivity (Wildman–Crippen MR) is 68.4 cm³/mol. The molecule has 1 aromatic rings. The highest BCUT2D eigenvalue weighted by Crippen LogP contribution is 2.33. The summed E-state index contributed by atoms with van der Waals surface area (Å²) in [5.41, 5.74) is 1.17. The highest BCUT2D eigenvalue weighted by atomic mass is 35.5. The second-order valence-electron chi connectivity index (χ2n) is 5.05. The molecule has 88 valence electrons. The molecule has 0 heterocycles. The molecule has 0 saturated heterocycles. The number of halogens is 1. The van der Waals surface area contributed by atoms with E-state index in [1.165, 1.54) is 18.4 Å². The standard InChI is InChI=1S/C14H19ClO/c1-9(2)12-8-11(5-6-13(12)15)16-14-7-4-10(14)3/h5-6,8-10,14H,4,7H2,1-3H3/t10-,14-/m1/s1. The van der Waals surface area contributed by atoms with Crippen molar-refractivity contribution >= 4 is 11.6 Å². The summed E-state index contributed by atoms with van der Waals surface area (Å²) in [7, 11) is 0. The van der Waals surface area contributed by atoms with E-state index in [-0.39, 0.29) is 0 Å². The first-order valence-corrected chi connectivity index (χ1v) is 6.42. The summed E-state index contributed by atoms with van der Waals surface area (Å²) < 4.78 is 5.95. The van der Waals surface area contributed by atoms with Crippen LogP contribution in [-0.2, 0) is 0 Å². The zero-order chi connectivity index (χ0) is 11.7. The van der Waals surface area contributed by atoms with Gasteiger partial charge in [0.1, 0.15) is 11.9 Å². The van der Waals surface area contributed by atoms with Crippen LogP contribution in [0.1, 0.15) is 45.1 Å². The first-order valence-electron chi connectivity index (χ1n) is 6.04. The van der Waals surface area contributed by atoms with Crippen LogP contribution in [0, 0.1) is 5.92 Å². The van der Waals surface area contributed by atoms with Crippen molar-refractivity contribution in [2.24, 2.45) is 5.92 Å². The maximum Gasteiger partial charge on any atom is 0.120 e. The molecule has 0 aliphatic heterocycles. The van der Waals surface area contributed by atoms with Crippen molar-refractivity contribution in [2.75, 3.05) is 0 Å². The Morgan fingerprint density at radius 3 is 2.56 bits per heavy atom. The van der Waals surface area contributed by atoms with Crippen LogP contribution in [-0.4, -0.2) is 6.10 Å². The molecule has 2 heteroatoms. The summed E-state index contributed by atoms with van der Waals surface area (Å²) in [5, 5.41) is 0.837. The molecule has 0 amide bonds. The summed E-state index contributed by atoms with van der Waals surface area (Å²) in [6, 6.07) is 5.99. The zero-order valence-electron chi connectivity index (χ0n) is 10.2. The molecule has 1 nitrogen and oxygen atoms in total. The van der Waals surface area contributed by atoms with Gasteiger partial charge in [-0.05, 0) is 48.4 Å². The van der Waals surface area contributed by atoms with E-state index in [0.717, 1.165) is 10.8 Å². The number of ether oxygens (including phenoxy) is 1. The zero-order valence-corrected chi connectivity index (χ0v) is 10.9. The van der Waals surface area contributed by atoms with Crippen molar-refractivity contribution in [1.82, 2.24) is 0 Å². The molecule has 1 aromatic carbocycles. The molecule has 0 aromatic heterocycles. The van der Waals surface area contributed by atoms with Crippen LogP contribution < -0.4 is 4.74 Å². The topological polar surface area (TPSA) is 9.23 Å². The SMILES string of the molecule is CC(C)c1cc(O[C@@H]2CC[C@H]2C)ccc1Cl. The van der Waals surface area contributed by atoms with E-state index < -0.39 is 0 Å². The minimum absolute atomic E-state index is 0.404. The van der Waals surface area contributed by atoms with Crippen molar-refractivity contribution in [3.8, 4) is 5.75 Å². The highest BCUT2D eigenvalue weighted by Gasteiger charge is 2.28. The fourth-order valence-electron chi connectivity index (χ4n) is 2.02. The van der Waals surface area contributed by atoms with E-state index in [0.29, 0.717) is 17.9 Å². The van der Waals surface area contributed by atoms with Crippen LogP contribution in [0.2, 0.25) is 5.02 Å². The van der Waals surface area contributed by atoms with Crippen LogP contribution in [0.25, 0.3) is 0 Å². The number of benzene rings is 1. The Morgan fingerprint density at radius 1 is 1.31 bits per heavy atom. The predicted octanol–water partition coefficient (Wildman–Crippen LogP) is 4.64. The lowest BCUT2D eigenvalue weighted by Gasteiger charge is -2.34. The van der Waals surface area contributed by atoms with E-state index in [1.807, 2.05) is 12.1 Å². The van der Waals surface area contributed by atoms with Crippen molar-refractivity contribution in [2.45, 2.75) is 45.6 Å². The van der Waals surface area contributed by atoms with Gasteiger partial charge in [-0.25, -0.2) is 0 Å². The highest BCUT2D eigenvalue weighted by molar-refractivity contribution is 6.31. The van der Waals surface area contributed by atoms with Crippen LogP contribution >= 0.6 is 11.6 Å². The molecule has 1 fully saturated rings. The lowest BCUT2D eigenvalue weighted by Crippen LogP contribution is -2.34. The quantitative estimate of drug-likeness (QED) is 0.746. The van der Waals surface area contributed by atoms with Crippen LogP contribution in [0.4, 0.5) is 0 Å². The summed E-state index contributed by atoms with van der Waals surface area (Å²) in [6.45, 7) is 6.54. The summed E-state index contributed by atoms with van der Waals surface area (Å²) in [4.78, 5) is 0. The largest absolute Gasteiger partial charge is 0.490 e. The van der Waals surface area contributed by atoms with Gasteiger partial charge in [0.25, 0.3) is 0 Å². The number of hydrogen-bond donors (Lipinski definition) is 0. The van der Waals surface area contributed by atoms with E-state index in [2.05, 4.69) is 26.8 Å². The normalized spacial score (nSPS) is 24.3. The molecule has 0 spiro atoms. The third-order valence-corrected chi connectivity index (χ3v) is 3.76. The van der Waals surface area contributed by atoms with Crippen molar-refractivity contribution in [3.63, 3.8) is 0 Å². The maximum absolute atomic E-state index is 6.15. The third-order valence-electron chi connectivity index (χ3n) is 3.42. The summed E-state index contributed by atoms with van der Waals surface area (Å²) in [5.74, 6) is 2.10. The van der Waals surface area contributed by atoms with Gasteiger partial charge < -0.3 is 4.74 Å². The van der Waals surface area contributed by atoms with Gasteiger partial charge in [-0.2, -0.15) is 0 Å². The molecule has 2 rings (SSSR count). The van der Waals surface area contributed by atoms with Crippen molar-refractivity contribution < 1.29 is 4.74 Å². The van der Waals surface area contributed by atoms with Crippen LogP contribution in [0.3, 0.4) is 0 Å². The molecule has 0 bridgehead atoms. The molecular weight excluding hydrogens is 220 g/mol. The Morgan fingerprint density at radius 2 is 2.06 bits per heavy atom. The molecule has 1 aliphatic rings. The molecule has 0 radical (unpaired) electrons. The second-order valence-corrected chi connectivity index (χ2v) is 5.46. The fraction of sp³-hybridized carbons (Fsp3) is 0.571. The molecule has 0 N–H and O–H groups in total. The molecule has 0 unspecified atom stereocenters. The fourth-order valence-corrected chi connectivity index (χ4v) is 2.36. The van der Waals surface area contributed by atoms with Gasteiger partial charge in [0, 0.05) is 5.02 Å². The van der Waals surface area contributed by atoms with Gasteiger partial charge in [-0.1, -0.05) is 32.4 Å². The Bertz CT molecular complexity index is 373. The summed E-state index contributed by atoms with van der Waals surface area (Å²) >= 11 is 6.15. The minimum atomic E-state index is 0.404. The maximum atomic E-state index is 6.15. The third kappa shape index (κ3) is 2.35. The average molecular weight is 239 g/mol. The lowest BCUT2D eigenvalue weighted by molar-refractivity contribution is 0.0576. The Kier molecular flexibility index (Phi) is 3.44. The molecule has 16 heavy (non-hydrogen) atoms. The van der Waals surface area contributed by atoms with Gasteiger partial charge in [0.05, 0.1) is 0 Å². The van der Waals surface area contributed by atoms with Gasteiger partial charge in [-0.3, -0.25) is 0 Å².